The molecule has 0 saturated heterocycles. The summed E-state index contributed by atoms with van der Waals surface area (Å²) in [5.41, 5.74) is 3.98. The van der Waals surface area contributed by atoms with Crippen LogP contribution in [-0.4, -0.2) is 29.0 Å². The van der Waals surface area contributed by atoms with E-state index in [0.717, 1.165) is 5.75 Å². The Morgan fingerprint density at radius 1 is 0.913 bits per heavy atom. The van der Waals surface area contributed by atoms with Crippen molar-refractivity contribution in [3.63, 3.8) is 0 Å². The summed E-state index contributed by atoms with van der Waals surface area (Å²) in [5, 5.41) is 0. The van der Waals surface area contributed by atoms with Crippen molar-refractivity contribution in [1.82, 2.24) is 4.90 Å². The van der Waals surface area contributed by atoms with E-state index in [9.17, 15) is 9.59 Å². The van der Waals surface area contributed by atoms with Gasteiger partial charge in [-0.25, -0.2) is 0 Å². The summed E-state index contributed by atoms with van der Waals surface area (Å²) in [7, 11) is 0. The van der Waals surface area contributed by atoms with Gasteiger partial charge in [0, 0.05) is 17.2 Å². The van der Waals surface area contributed by atoms with E-state index in [4.69, 9.17) is 0 Å². The van der Waals surface area contributed by atoms with E-state index in [1.165, 1.54) is 40.2 Å². The number of benzene rings is 2. The normalized spacial score (nSPS) is 15.9. The van der Waals surface area contributed by atoms with Gasteiger partial charge in [-0.15, -0.1) is 11.8 Å². The average molecular weight is 323 g/mol. The highest BCUT2D eigenvalue weighted by Crippen LogP contribution is 2.28. The van der Waals surface area contributed by atoms with Crippen molar-refractivity contribution in [2.24, 2.45) is 0 Å². The number of aryl methyl sites for hydroxylation is 2. The van der Waals surface area contributed by atoms with Crippen molar-refractivity contribution in [1.29, 1.82) is 0 Å². The molecule has 4 heteroatoms. The monoisotopic (exact) mass is 323 g/mol. The first kappa shape index (κ1) is 14.5. The molecule has 1 aliphatic heterocycles. The predicted molar refractivity (Wildman–Crippen MR) is 91.0 cm³/mol. The maximum Gasteiger partial charge on any atom is 0.261 e. The largest absolute Gasteiger partial charge is 0.273 e. The Labute approximate surface area is 139 Å². The van der Waals surface area contributed by atoms with E-state index >= 15 is 0 Å². The molecule has 0 aromatic heterocycles. The lowest BCUT2D eigenvalue weighted by Gasteiger charge is -2.13. The minimum absolute atomic E-state index is 0.167. The van der Waals surface area contributed by atoms with Gasteiger partial charge in [0.2, 0.25) is 0 Å². The molecule has 0 radical (unpaired) electrons. The molecule has 0 fully saturated rings. The minimum Gasteiger partial charge on any atom is -0.273 e. The van der Waals surface area contributed by atoms with Crippen LogP contribution < -0.4 is 0 Å². The van der Waals surface area contributed by atoms with E-state index in [-0.39, 0.29) is 11.8 Å². The molecular formula is C19H17NO2S. The average Bonchev–Trinajstić information content (AvgIpc) is 3.13. The fraction of sp³-hybridized carbons (Fsp3) is 0.263. The van der Waals surface area contributed by atoms with Crippen LogP contribution in [0.5, 0.6) is 0 Å². The van der Waals surface area contributed by atoms with Gasteiger partial charge in [0.25, 0.3) is 11.8 Å². The zero-order valence-corrected chi connectivity index (χ0v) is 13.6. The zero-order valence-electron chi connectivity index (χ0n) is 12.7. The van der Waals surface area contributed by atoms with E-state index in [2.05, 4.69) is 18.2 Å². The lowest BCUT2D eigenvalue weighted by molar-refractivity contribution is 0.0664. The lowest BCUT2D eigenvalue weighted by atomic mass is 10.1. The van der Waals surface area contributed by atoms with E-state index < -0.39 is 0 Å². The fourth-order valence-corrected chi connectivity index (χ4v) is 4.23. The van der Waals surface area contributed by atoms with Crippen LogP contribution in [0.15, 0.2) is 47.4 Å². The molecule has 0 atom stereocenters. The van der Waals surface area contributed by atoms with Crippen molar-refractivity contribution < 1.29 is 9.59 Å². The van der Waals surface area contributed by atoms with Crippen molar-refractivity contribution in [2.75, 3.05) is 12.3 Å². The van der Waals surface area contributed by atoms with Crippen LogP contribution in [0.1, 0.15) is 38.3 Å². The molecular weight excluding hydrogens is 306 g/mol. The number of imide groups is 1. The second-order valence-electron chi connectivity index (χ2n) is 5.94. The molecule has 0 unspecified atom stereocenters. The fourth-order valence-electron chi connectivity index (χ4n) is 3.33. The third kappa shape index (κ3) is 2.57. The van der Waals surface area contributed by atoms with E-state index in [1.807, 2.05) is 0 Å². The van der Waals surface area contributed by atoms with Crippen molar-refractivity contribution in [2.45, 2.75) is 24.2 Å². The van der Waals surface area contributed by atoms with Gasteiger partial charge in [0.15, 0.2) is 0 Å². The Morgan fingerprint density at radius 2 is 1.61 bits per heavy atom. The van der Waals surface area contributed by atoms with Gasteiger partial charge >= 0.3 is 0 Å². The third-order valence-corrected chi connectivity index (χ3v) is 5.51. The van der Waals surface area contributed by atoms with Crippen LogP contribution in [0.4, 0.5) is 0 Å². The molecule has 0 spiro atoms. The Kier molecular flexibility index (Phi) is 3.69. The molecule has 0 saturated carbocycles. The van der Waals surface area contributed by atoms with Crippen LogP contribution in [-0.2, 0) is 12.8 Å². The lowest BCUT2D eigenvalue weighted by Crippen LogP contribution is -2.31. The molecule has 2 aromatic carbocycles. The number of amides is 2. The summed E-state index contributed by atoms with van der Waals surface area (Å²) in [6.45, 7) is 0.452. The first-order chi connectivity index (χ1) is 11.2. The van der Waals surface area contributed by atoms with Gasteiger partial charge in [-0.2, -0.15) is 0 Å². The maximum absolute atomic E-state index is 12.3. The third-order valence-electron chi connectivity index (χ3n) is 4.53. The van der Waals surface area contributed by atoms with Crippen molar-refractivity contribution >= 4 is 23.6 Å². The van der Waals surface area contributed by atoms with Crippen LogP contribution in [0.2, 0.25) is 0 Å². The Bertz CT molecular complexity index is 765. The molecule has 2 aromatic rings. The van der Waals surface area contributed by atoms with Gasteiger partial charge in [0.05, 0.1) is 11.1 Å². The number of fused-ring (bicyclic) bond motifs is 2. The molecule has 0 bridgehead atoms. The predicted octanol–water partition coefficient (Wildman–Crippen LogP) is 3.56. The summed E-state index contributed by atoms with van der Waals surface area (Å²) in [4.78, 5) is 27.2. The molecule has 0 N–H and O–H groups in total. The summed E-state index contributed by atoms with van der Waals surface area (Å²) in [5.74, 6) is 0.393. The second kappa shape index (κ2) is 5.85. The number of carbonyl (C=O) groups excluding carboxylic acids is 2. The number of carbonyl (C=O) groups is 2. The molecule has 4 rings (SSSR count). The molecule has 3 nitrogen and oxygen atoms in total. The van der Waals surface area contributed by atoms with Crippen LogP contribution >= 0.6 is 11.8 Å². The number of hydrogen-bond donors (Lipinski definition) is 0. The van der Waals surface area contributed by atoms with Crippen LogP contribution in [0.25, 0.3) is 0 Å². The summed E-state index contributed by atoms with van der Waals surface area (Å²) in [6, 6.07) is 13.7. The Hall–Kier alpha value is -2.07. The van der Waals surface area contributed by atoms with Gasteiger partial charge in [-0.05, 0) is 54.7 Å². The second-order valence-corrected chi connectivity index (χ2v) is 7.11. The molecule has 2 amide bonds. The molecule has 1 aliphatic carbocycles. The summed E-state index contributed by atoms with van der Waals surface area (Å²) < 4.78 is 0. The smallest absolute Gasteiger partial charge is 0.261 e. The number of hydrogen-bond acceptors (Lipinski definition) is 3. The summed E-state index contributed by atoms with van der Waals surface area (Å²) in [6.07, 6.45) is 3.61. The molecule has 2 aliphatic rings. The molecule has 1 heterocycles. The Balaban J connectivity index is 1.41. The highest BCUT2D eigenvalue weighted by Gasteiger charge is 2.34. The van der Waals surface area contributed by atoms with Gasteiger partial charge in [0.1, 0.15) is 0 Å². The van der Waals surface area contributed by atoms with Gasteiger partial charge in [-0.3, -0.25) is 14.5 Å². The highest BCUT2D eigenvalue weighted by molar-refractivity contribution is 7.99. The van der Waals surface area contributed by atoms with Crippen molar-refractivity contribution in [3.8, 4) is 0 Å². The summed E-state index contributed by atoms with van der Waals surface area (Å²) >= 11 is 1.71. The Morgan fingerprint density at radius 3 is 2.35 bits per heavy atom. The minimum atomic E-state index is -0.167. The quantitative estimate of drug-likeness (QED) is 0.638. The van der Waals surface area contributed by atoms with Gasteiger partial charge < -0.3 is 0 Å². The van der Waals surface area contributed by atoms with Crippen LogP contribution in [0.3, 0.4) is 0 Å². The number of thioether (sulfide) groups is 1. The first-order valence-electron chi connectivity index (χ1n) is 7.94. The zero-order chi connectivity index (χ0) is 15.8. The van der Waals surface area contributed by atoms with Crippen LogP contribution in [0, 0.1) is 0 Å². The van der Waals surface area contributed by atoms with E-state index in [1.54, 1.807) is 36.0 Å². The standard InChI is InChI=1S/C19H17NO2S/c21-18-16-6-1-2-7-17(16)19(22)20(18)10-11-23-15-9-8-13-4-3-5-14(13)12-15/h1-2,6-9,12H,3-5,10-11H2. The SMILES string of the molecule is O=C1c2ccccc2C(=O)N1CCSc1ccc2c(c1)CCC2. The van der Waals surface area contributed by atoms with Gasteiger partial charge in [-0.1, -0.05) is 18.2 Å². The van der Waals surface area contributed by atoms with E-state index in [0.29, 0.717) is 17.7 Å². The van der Waals surface area contributed by atoms with Crippen molar-refractivity contribution in [3.05, 3.63) is 64.7 Å². The first-order valence-corrected chi connectivity index (χ1v) is 8.92. The number of nitrogens with zero attached hydrogens (tertiary/aromatic N) is 1. The molecule has 116 valence electrons. The highest BCUT2D eigenvalue weighted by atomic mass is 32.2. The molecule has 23 heavy (non-hydrogen) atoms. The maximum atomic E-state index is 12.3. The number of rotatable bonds is 4. The topological polar surface area (TPSA) is 37.4 Å².